The van der Waals surface area contributed by atoms with E-state index in [0.717, 1.165) is 34.2 Å². The third-order valence-corrected chi connectivity index (χ3v) is 22.9. The molecule has 8 unspecified atom stereocenters. The predicted molar refractivity (Wildman–Crippen MR) is 268 cm³/mol. The van der Waals surface area contributed by atoms with Crippen LogP contribution in [0.1, 0.15) is 192 Å². The number of fused-ring (bicyclic) bond motifs is 4. The highest BCUT2D eigenvalue weighted by molar-refractivity contribution is 8.33. The fourth-order valence-corrected chi connectivity index (χ4v) is 21.0. The SMILES string of the molecule is CC(C)(C)c1ccc(C2=C3CCCC3=CC3C2CC(CC2CCCCC2)C3S(C)(C)C2C(CC3CCCCC3)CC3C(c4ccc(C(C)(C)C)cc4)=C4CCCC4=CC32)cc1. The Morgan fingerprint density at radius 2 is 0.852 bits per heavy atom. The summed E-state index contributed by atoms with van der Waals surface area (Å²) in [5, 5.41) is 1.66. The number of hydrogen-bond donors (Lipinski definition) is 0. The Bertz CT molecular complexity index is 1890. The van der Waals surface area contributed by atoms with Crippen LogP contribution in [0.4, 0.5) is 0 Å². The Balaban J connectivity index is 1.07. The van der Waals surface area contributed by atoms with E-state index >= 15 is 0 Å². The van der Waals surface area contributed by atoms with Gasteiger partial charge < -0.3 is 0 Å². The van der Waals surface area contributed by atoms with Gasteiger partial charge in [-0.15, -0.1) is 0 Å². The molecule has 61 heavy (non-hydrogen) atoms. The van der Waals surface area contributed by atoms with Crippen molar-refractivity contribution in [3.8, 4) is 0 Å². The Morgan fingerprint density at radius 3 is 1.21 bits per heavy atom. The van der Waals surface area contributed by atoms with Gasteiger partial charge in [0.25, 0.3) is 0 Å². The van der Waals surface area contributed by atoms with Crippen LogP contribution in [0.3, 0.4) is 0 Å². The summed E-state index contributed by atoms with van der Waals surface area (Å²) < 4.78 is 0. The summed E-state index contributed by atoms with van der Waals surface area (Å²) >= 11 is 0. The zero-order chi connectivity index (χ0) is 42.3. The maximum atomic E-state index is 3.00. The van der Waals surface area contributed by atoms with Crippen LogP contribution in [-0.4, -0.2) is 23.0 Å². The summed E-state index contributed by atoms with van der Waals surface area (Å²) in [5.41, 5.74) is 17.2. The van der Waals surface area contributed by atoms with Gasteiger partial charge in [-0.2, -0.15) is 0 Å². The molecule has 0 amide bonds. The molecular formula is C60H84S. The second kappa shape index (κ2) is 16.6. The van der Waals surface area contributed by atoms with Crippen LogP contribution < -0.4 is 0 Å². The number of hydrogen-bond acceptors (Lipinski definition) is 0. The van der Waals surface area contributed by atoms with E-state index in [-0.39, 0.29) is 10.8 Å². The van der Waals surface area contributed by atoms with Gasteiger partial charge in [-0.1, -0.05) is 166 Å². The molecule has 0 nitrogen and oxygen atoms in total. The van der Waals surface area contributed by atoms with Crippen molar-refractivity contribution >= 4 is 21.2 Å². The summed E-state index contributed by atoms with van der Waals surface area (Å²) in [7, 11) is -1.03. The van der Waals surface area contributed by atoms with Gasteiger partial charge in [0.2, 0.25) is 0 Å². The quantitative estimate of drug-likeness (QED) is 0.248. The monoisotopic (exact) mass is 837 g/mol. The fourth-order valence-electron chi connectivity index (χ4n) is 16.0. The molecule has 0 heterocycles. The second-order valence-corrected chi connectivity index (χ2v) is 28.8. The zero-order valence-corrected chi connectivity index (χ0v) is 40.9. The van der Waals surface area contributed by atoms with Crippen molar-refractivity contribution in [3.63, 3.8) is 0 Å². The van der Waals surface area contributed by atoms with Crippen LogP contribution in [0.2, 0.25) is 0 Å². The summed E-state index contributed by atoms with van der Waals surface area (Å²) in [4.78, 5) is 0. The first-order valence-corrected chi connectivity index (χ1v) is 28.6. The lowest BCUT2D eigenvalue weighted by atomic mass is 9.75. The van der Waals surface area contributed by atoms with E-state index in [1.54, 1.807) is 33.4 Å². The Labute approximate surface area is 375 Å². The minimum absolute atomic E-state index is 0.187. The van der Waals surface area contributed by atoms with Gasteiger partial charge in [-0.05, 0) is 201 Å². The van der Waals surface area contributed by atoms with Crippen LogP contribution in [0.15, 0.2) is 83.0 Å². The van der Waals surface area contributed by atoms with Crippen molar-refractivity contribution in [2.24, 2.45) is 47.3 Å². The number of rotatable bonds is 8. The van der Waals surface area contributed by atoms with Crippen LogP contribution in [0.5, 0.6) is 0 Å². The number of allylic oxidation sites excluding steroid dienone is 8. The first-order valence-electron chi connectivity index (χ1n) is 26.1. The molecule has 0 bridgehead atoms. The molecular weight excluding hydrogens is 753 g/mol. The lowest BCUT2D eigenvalue weighted by molar-refractivity contribution is 0.283. The molecule has 0 saturated heterocycles. The standard InChI is InChI=1S/C60H84S/c1-59(2,3)47-29-25-41(26-30-47)55-49-23-15-21-43(49)35-53-51(55)37-45(33-39-17-11-9-12-18-39)57(53)61(7,8)58-46(34-40-19-13-10-14-20-40)38-52-54(58)36-44-22-16-24-50(44)56(52)42-27-31-48(32-28-42)60(4,5)6/h25-32,35-36,39-40,45-46,51-54,57-58H,9-24,33-34,37-38H2,1-8H3. The smallest absolute Gasteiger partial charge is 0.00163 e. The molecule has 0 aliphatic heterocycles. The average Bonchev–Trinajstić information content (AvgIpc) is 4.04. The summed E-state index contributed by atoms with van der Waals surface area (Å²) in [6.07, 6.45) is 40.6. The normalized spacial score (nSPS) is 32.7. The molecule has 1 heteroatoms. The third kappa shape index (κ3) is 8.00. The number of benzene rings is 2. The summed E-state index contributed by atoms with van der Waals surface area (Å²) in [6.45, 7) is 14.3. The summed E-state index contributed by atoms with van der Waals surface area (Å²) in [5.74, 6) is 6.42. The third-order valence-electron chi connectivity index (χ3n) is 18.7. The molecule has 10 rings (SSSR count). The molecule has 2 aromatic carbocycles. The molecule has 8 atom stereocenters. The van der Waals surface area contributed by atoms with Crippen LogP contribution >= 0.6 is 10.0 Å². The fraction of sp³-hybridized carbons (Fsp3) is 0.667. The molecule has 6 fully saturated rings. The lowest BCUT2D eigenvalue weighted by Crippen LogP contribution is -2.41. The minimum atomic E-state index is -1.03. The van der Waals surface area contributed by atoms with E-state index in [2.05, 4.69) is 115 Å². The van der Waals surface area contributed by atoms with E-state index in [4.69, 9.17) is 0 Å². The highest BCUT2D eigenvalue weighted by atomic mass is 32.3. The van der Waals surface area contributed by atoms with Crippen LogP contribution in [0, 0.1) is 47.3 Å². The highest BCUT2D eigenvalue weighted by Crippen LogP contribution is 2.72. The van der Waals surface area contributed by atoms with Crippen molar-refractivity contribution in [1.82, 2.24) is 0 Å². The van der Waals surface area contributed by atoms with E-state index in [1.807, 2.05) is 11.1 Å². The van der Waals surface area contributed by atoms with Crippen LogP contribution in [0.25, 0.3) is 11.1 Å². The van der Waals surface area contributed by atoms with Crippen molar-refractivity contribution < 1.29 is 0 Å². The van der Waals surface area contributed by atoms with E-state index in [9.17, 15) is 0 Å². The van der Waals surface area contributed by atoms with E-state index in [1.165, 1.54) is 140 Å². The summed E-state index contributed by atoms with van der Waals surface area (Å²) in [6, 6.07) is 20.3. The molecule has 330 valence electrons. The first kappa shape index (κ1) is 42.7. The molecule has 0 aromatic heterocycles. The van der Waals surface area contributed by atoms with Gasteiger partial charge in [-0.25, -0.2) is 10.0 Å². The Kier molecular flexibility index (Phi) is 11.6. The van der Waals surface area contributed by atoms with Crippen LogP contribution in [-0.2, 0) is 10.8 Å². The van der Waals surface area contributed by atoms with Gasteiger partial charge in [0.1, 0.15) is 0 Å². The first-order chi connectivity index (χ1) is 29.3. The minimum Gasteiger partial charge on any atom is -0.239 e. The predicted octanol–water partition coefficient (Wildman–Crippen LogP) is 17.0. The largest absolute Gasteiger partial charge is 0.239 e. The van der Waals surface area contributed by atoms with E-state index in [0.29, 0.717) is 23.7 Å². The van der Waals surface area contributed by atoms with Gasteiger partial charge in [0.15, 0.2) is 0 Å². The zero-order valence-electron chi connectivity index (χ0n) is 40.1. The molecule has 2 aromatic rings. The average molecular weight is 837 g/mol. The van der Waals surface area contributed by atoms with Gasteiger partial charge in [0.05, 0.1) is 0 Å². The topological polar surface area (TPSA) is 0 Å². The van der Waals surface area contributed by atoms with Gasteiger partial charge in [-0.3, -0.25) is 0 Å². The maximum Gasteiger partial charge on any atom is -0.00163 e. The molecule has 0 radical (unpaired) electrons. The molecule has 0 N–H and O–H groups in total. The van der Waals surface area contributed by atoms with Crippen molar-refractivity contribution in [3.05, 3.63) is 105 Å². The molecule has 8 aliphatic carbocycles. The van der Waals surface area contributed by atoms with Gasteiger partial charge in [0, 0.05) is 0 Å². The molecule has 8 aliphatic rings. The Hall–Kier alpha value is -2.25. The van der Waals surface area contributed by atoms with E-state index < -0.39 is 10.0 Å². The maximum absolute atomic E-state index is 3.00. The Morgan fingerprint density at radius 1 is 0.475 bits per heavy atom. The van der Waals surface area contributed by atoms with Crippen molar-refractivity contribution in [2.75, 3.05) is 12.5 Å². The molecule has 6 saturated carbocycles. The molecule has 0 spiro atoms. The van der Waals surface area contributed by atoms with Crippen molar-refractivity contribution in [1.29, 1.82) is 0 Å². The van der Waals surface area contributed by atoms with Gasteiger partial charge >= 0.3 is 0 Å². The lowest BCUT2D eigenvalue weighted by Gasteiger charge is -2.53. The van der Waals surface area contributed by atoms with Crippen molar-refractivity contribution in [2.45, 2.75) is 191 Å². The highest BCUT2D eigenvalue weighted by Gasteiger charge is 2.58. The second-order valence-electron chi connectivity index (χ2n) is 24.8.